The van der Waals surface area contributed by atoms with E-state index in [2.05, 4.69) is 0 Å². The van der Waals surface area contributed by atoms with E-state index in [0.29, 0.717) is 30.9 Å². The summed E-state index contributed by atoms with van der Waals surface area (Å²) < 4.78 is 33.0. The molecule has 0 aliphatic heterocycles. The van der Waals surface area contributed by atoms with Crippen molar-refractivity contribution < 1.29 is 23.4 Å². The summed E-state index contributed by atoms with van der Waals surface area (Å²) >= 11 is 0. The summed E-state index contributed by atoms with van der Waals surface area (Å²) in [5.41, 5.74) is -0.286. The molecule has 20 heavy (non-hydrogen) atoms. The molecule has 0 aromatic heterocycles. The summed E-state index contributed by atoms with van der Waals surface area (Å²) in [6, 6.07) is 2.02. The molecule has 2 aliphatic carbocycles. The zero-order valence-electron chi connectivity index (χ0n) is 11.0. The average Bonchev–Trinajstić information content (AvgIpc) is 3.21. The first-order chi connectivity index (χ1) is 9.50. The van der Waals surface area contributed by atoms with E-state index in [1.165, 1.54) is 6.07 Å². The predicted molar refractivity (Wildman–Crippen MR) is 67.7 cm³/mol. The van der Waals surface area contributed by atoms with Crippen molar-refractivity contribution in [2.45, 2.75) is 37.5 Å². The molecule has 0 radical (unpaired) electrons. The molecular formula is C15H16F2O3. The molecule has 5 heteroatoms. The van der Waals surface area contributed by atoms with Gasteiger partial charge in [-0.1, -0.05) is 0 Å². The lowest BCUT2D eigenvalue weighted by Gasteiger charge is -2.19. The number of aliphatic carboxylic acids is 1. The topological polar surface area (TPSA) is 46.5 Å². The van der Waals surface area contributed by atoms with Crippen molar-refractivity contribution >= 4 is 5.97 Å². The van der Waals surface area contributed by atoms with Crippen molar-refractivity contribution in [2.75, 3.05) is 6.61 Å². The van der Waals surface area contributed by atoms with Crippen LogP contribution in [0.2, 0.25) is 0 Å². The van der Waals surface area contributed by atoms with E-state index in [0.717, 1.165) is 18.9 Å². The van der Waals surface area contributed by atoms with E-state index in [1.807, 2.05) is 0 Å². The molecule has 2 fully saturated rings. The normalized spacial score (nSPS) is 19.7. The number of benzene rings is 1. The quantitative estimate of drug-likeness (QED) is 0.871. The third-order valence-electron chi connectivity index (χ3n) is 4.08. The highest BCUT2D eigenvalue weighted by molar-refractivity contribution is 5.70. The van der Waals surface area contributed by atoms with Gasteiger partial charge >= 0.3 is 5.97 Å². The van der Waals surface area contributed by atoms with Crippen molar-refractivity contribution in [3.63, 3.8) is 0 Å². The fourth-order valence-corrected chi connectivity index (χ4v) is 2.57. The lowest BCUT2D eigenvalue weighted by atomic mass is 9.91. The summed E-state index contributed by atoms with van der Waals surface area (Å²) in [5.74, 6) is -1.90. The average molecular weight is 282 g/mol. The molecule has 1 N–H and O–H groups in total. The third-order valence-corrected chi connectivity index (χ3v) is 4.08. The smallest absolute Gasteiger partial charge is 0.304 e. The molecule has 0 bridgehead atoms. The van der Waals surface area contributed by atoms with Crippen molar-refractivity contribution in [1.29, 1.82) is 0 Å². The van der Waals surface area contributed by atoms with E-state index in [4.69, 9.17) is 9.84 Å². The first kappa shape index (κ1) is 13.3. The van der Waals surface area contributed by atoms with Crippen LogP contribution in [0.25, 0.3) is 0 Å². The van der Waals surface area contributed by atoms with Gasteiger partial charge in [-0.15, -0.1) is 0 Å². The summed E-state index contributed by atoms with van der Waals surface area (Å²) in [7, 11) is 0. The Morgan fingerprint density at radius 2 is 2.05 bits per heavy atom. The van der Waals surface area contributed by atoms with Crippen molar-refractivity contribution in [2.24, 2.45) is 5.92 Å². The van der Waals surface area contributed by atoms with E-state index in [-0.39, 0.29) is 12.2 Å². The van der Waals surface area contributed by atoms with Gasteiger partial charge in [0.15, 0.2) is 11.6 Å². The summed E-state index contributed by atoms with van der Waals surface area (Å²) in [6.45, 7) is 0.415. The van der Waals surface area contributed by atoms with Gasteiger partial charge in [-0.3, -0.25) is 4.79 Å². The number of hydrogen-bond donors (Lipinski definition) is 1. The second-order valence-corrected chi connectivity index (χ2v) is 5.87. The number of rotatable bonds is 6. The molecule has 0 amide bonds. The zero-order chi connectivity index (χ0) is 14.3. The minimum Gasteiger partial charge on any atom is -0.490 e. The second kappa shape index (κ2) is 4.72. The van der Waals surface area contributed by atoms with Crippen molar-refractivity contribution in [3.05, 3.63) is 29.3 Å². The van der Waals surface area contributed by atoms with Crippen molar-refractivity contribution in [1.82, 2.24) is 0 Å². The Morgan fingerprint density at radius 1 is 1.35 bits per heavy atom. The Morgan fingerprint density at radius 3 is 2.60 bits per heavy atom. The van der Waals surface area contributed by atoms with Gasteiger partial charge in [-0.2, -0.15) is 0 Å². The molecule has 1 aromatic rings. The molecule has 3 rings (SSSR count). The Bertz CT molecular complexity index is 548. The highest BCUT2D eigenvalue weighted by Crippen LogP contribution is 2.54. The standard InChI is InChI=1S/C15H16F2O3/c16-10-5-11(15(3-4-15)7-13(18)19)14(12(17)6-10)20-8-9-1-2-9/h5-6,9H,1-4,7-8H2,(H,18,19). The number of carbonyl (C=O) groups is 1. The molecule has 108 valence electrons. The Kier molecular flexibility index (Phi) is 3.15. The maximum atomic E-state index is 14.0. The monoisotopic (exact) mass is 282 g/mol. The highest BCUT2D eigenvalue weighted by Gasteiger charge is 2.48. The summed E-state index contributed by atoms with van der Waals surface area (Å²) in [4.78, 5) is 11.0. The predicted octanol–water partition coefficient (Wildman–Crippen LogP) is 3.26. The van der Waals surface area contributed by atoms with Gasteiger partial charge in [0.05, 0.1) is 13.0 Å². The maximum absolute atomic E-state index is 14.0. The van der Waals surface area contributed by atoms with Crippen LogP contribution in [0.15, 0.2) is 12.1 Å². The van der Waals surface area contributed by atoms with Gasteiger partial charge < -0.3 is 9.84 Å². The van der Waals surface area contributed by atoms with Gasteiger partial charge in [0.25, 0.3) is 0 Å². The maximum Gasteiger partial charge on any atom is 0.304 e. The zero-order valence-corrected chi connectivity index (χ0v) is 11.0. The Balaban J connectivity index is 1.92. The SMILES string of the molecule is O=C(O)CC1(c2cc(F)cc(F)c2OCC2CC2)CC1. The van der Waals surface area contributed by atoms with E-state index in [1.54, 1.807) is 0 Å². The van der Waals surface area contributed by atoms with Crippen LogP contribution in [-0.2, 0) is 10.2 Å². The van der Waals surface area contributed by atoms with Crippen LogP contribution in [0, 0.1) is 17.6 Å². The Hall–Kier alpha value is -1.65. The number of ether oxygens (including phenoxy) is 1. The van der Waals surface area contributed by atoms with E-state index in [9.17, 15) is 13.6 Å². The van der Waals surface area contributed by atoms with Gasteiger partial charge in [-0.05, 0) is 37.7 Å². The number of carboxylic acid groups (broad SMARTS) is 1. The van der Waals surface area contributed by atoms with Crippen LogP contribution < -0.4 is 4.74 Å². The van der Waals surface area contributed by atoms with Crippen LogP contribution in [-0.4, -0.2) is 17.7 Å². The lowest BCUT2D eigenvalue weighted by molar-refractivity contribution is -0.137. The number of halogens is 2. The molecule has 0 atom stereocenters. The molecule has 2 aliphatic rings. The van der Waals surface area contributed by atoms with Crippen LogP contribution >= 0.6 is 0 Å². The first-order valence-corrected chi connectivity index (χ1v) is 6.84. The molecule has 3 nitrogen and oxygen atoms in total. The number of hydrogen-bond acceptors (Lipinski definition) is 2. The molecule has 0 spiro atoms. The minimum atomic E-state index is -0.958. The minimum absolute atomic E-state index is 0.0389. The molecule has 1 aromatic carbocycles. The fourth-order valence-electron chi connectivity index (χ4n) is 2.57. The van der Waals surface area contributed by atoms with Crippen molar-refractivity contribution in [3.8, 4) is 5.75 Å². The van der Waals surface area contributed by atoms with Crippen LogP contribution in [0.1, 0.15) is 37.7 Å². The molecule has 2 saturated carbocycles. The summed E-state index contributed by atoms with van der Waals surface area (Å²) in [5, 5.41) is 8.98. The first-order valence-electron chi connectivity index (χ1n) is 6.84. The second-order valence-electron chi connectivity index (χ2n) is 5.87. The fraction of sp³-hybridized carbons (Fsp3) is 0.533. The van der Waals surface area contributed by atoms with Gasteiger partial charge in [-0.25, -0.2) is 8.78 Å². The molecule has 0 unspecified atom stereocenters. The molecule has 0 heterocycles. The Labute approximate surface area is 115 Å². The lowest BCUT2D eigenvalue weighted by Crippen LogP contribution is -2.16. The van der Waals surface area contributed by atoms with Gasteiger partial charge in [0, 0.05) is 17.0 Å². The van der Waals surface area contributed by atoms with E-state index < -0.39 is 23.0 Å². The third kappa shape index (κ3) is 2.62. The van der Waals surface area contributed by atoms with Gasteiger partial charge in [0.2, 0.25) is 0 Å². The van der Waals surface area contributed by atoms with Crippen LogP contribution in [0.3, 0.4) is 0 Å². The number of carboxylic acids is 1. The molecular weight excluding hydrogens is 266 g/mol. The molecule has 0 saturated heterocycles. The van der Waals surface area contributed by atoms with Crippen LogP contribution in [0.5, 0.6) is 5.75 Å². The highest BCUT2D eigenvalue weighted by atomic mass is 19.1. The summed E-state index contributed by atoms with van der Waals surface area (Å²) in [6.07, 6.45) is 3.27. The van der Waals surface area contributed by atoms with Crippen LogP contribution in [0.4, 0.5) is 8.78 Å². The van der Waals surface area contributed by atoms with Gasteiger partial charge in [0.1, 0.15) is 5.82 Å². The van der Waals surface area contributed by atoms with E-state index >= 15 is 0 Å². The largest absolute Gasteiger partial charge is 0.490 e.